The first-order valence-electron chi connectivity index (χ1n) is 12.1. The molecule has 1 heterocycles. The van der Waals surface area contributed by atoms with Crippen LogP contribution in [0.2, 0.25) is 0 Å². The van der Waals surface area contributed by atoms with Gasteiger partial charge in [0.25, 0.3) is 0 Å². The van der Waals surface area contributed by atoms with E-state index >= 15 is 0 Å². The lowest BCUT2D eigenvalue weighted by atomic mass is 9.98. The highest BCUT2D eigenvalue weighted by Crippen LogP contribution is 2.43. The molecule has 3 rings (SSSR count). The highest BCUT2D eigenvalue weighted by atomic mass is 16.7. The van der Waals surface area contributed by atoms with Crippen LogP contribution in [0.3, 0.4) is 0 Å². The van der Waals surface area contributed by atoms with Crippen molar-refractivity contribution >= 4 is 40.6 Å². The maximum Gasteiger partial charge on any atom is 0.335 e. The number of hydrogen-bond donors (Lipinski definition) is 4. The van der Waals surface area contributed by atoms with Crippen molar-refractivity contribution in [3.8, 4) is 23.0 Å². The van der Waals surface area contributed by atoms with E-state index in [0.29, 0.717) is 6.07 Å². The summed E-state index contributed by atoms with van der Waals surface area (Å²) in [7, 11) is 0. The Morgan fingerprint density at radius 3 is 1.90 bits per heavy atom. The molecule has 0 spiro atoms. The third kappa shape index (κ3) is 6.95. The van der Waals surface area contributed by atoms with Crippen molar-refractivity contribution in [3.63, 3.8) is 0 Å². The van der Waals surface area contributed by atoms with E-state index in [4.69, 9.17) is 28.4 Å². The number of carboxylic acid groups (broad SMARTS) is 1. The first-order valence-corrected chi connectivity index (χ1v) is 12.1. The van der Waals surface area contributed by atoms with Crippen LogP contribution in [-0.2, 0) is 42.9 Å². The lowest BCUT2D eigenvalue weighted by Gasteiger charge is -2.43. The third-order valence-electron chi connectivity index (χ3n) is 5.77. The summed E-state index contributed by atoms with van der Waals surface area (Å²) in [6, 6.07) is 2.46. The van der Waals surface area contributed by atoms with Crippen molar-refractivity contribution in [2.75, 3.05) is 6.61 Å². The van der Waals surface area contributed by atoms with Gasteiger partial charge in [0.1, 0.15) is 12.7 Å². The van der Waals surface area contributed by atoms with Crippen molar-refractivity contribution in [2.24, 2.45) is 0 Å². The lowest BCUT2D eigenvalue weighted by molar-refractivity contribution is -0.288. The first-order chi connectivity index (χ1) is 19.6. The molecule has 0 aliphatic carbocycles. The molecule has 42 heavy (non-hydrogen) atoms. The van der Waals surface area contributed by atoms with Gasteiger partial charge < -0.3 is 48.8 Å². The van der Waals surface area contributed by atoms with Gasteiger partial charge in [-0.3, -0.25) is 24.0 Å². The Hall–Kier alpha value is -5.12. The van der Waals surface area contributed by atoms with Crippen LogP contribution in [0.5, 0.6) is 23.0 Å². The monoisotopic (exact) mass is 594 g/mol. The largest absolute Gasteiger partial charge is 0.504 e. The fraction of sp³-hybridized carbons (Fsp3) is 0.385. The van der Waals surface area contributed by atoms with Gasteiger partial charge in [-0.05, 0) is 23.6 Å². The molecule has 2 aromatic carbocycles. The van der Waals surface area contributed by atoms with Gasteiger partial charge in [0.05, 0.1) is 10.9 Å². The molecule has 4 N–H and O–H groups in total. The SMILES string of the molecule is CC(=O)OC[C@H]1O[C@@H](Oc2cc3cc(C(=O)O)cc(O)c(=O)c3c(O)c2O)[C@H](OC(C)=O)[C@@H](OC(C)=O)[C@H]1OC(C)=O. The zero-order valence-electron chi connectivity index (χ0n) is 22.5. The summed E-state index contributed by atoms with van der Waals surface area (Å²) in [4.78, 5) is 71.6. The number of aromatic hydroxyl groups is 3. The first kappa shape index (κ1) is 31.4. The minimum Gasteiger partial charge on any atom is -0.504 e. The van der Waals surface area contributed by atoms with Crippen LogP contribution >= 0.6 is 0 Å². The number of phenols is 2. The standard InChI is InChI=1S/C26H26O16/c1-9(27)37-8-17-22(38-10(2)28)23(39-11(3)29)24(40-12(4)30)26(42-17)41-16-7-13-5-14(25(35)36)6-15(31)19(32)18(13)21(34)20(16)33/h5-7,17,22-24,26,33-34H,8H2,1-4H3,(H,31,32)(H,35,36)/t17-,22+,23+,24-,26-/m1/s1. The molecular formula is C26H26O16. The number of fused-ring (bicyclic) bond motifs is 1. The highest BCUT2D eigenvalue weighted by Gasteiger charge is 2.53. The zero-order valence-corrected chi connectivity index (χ0v) is 22.5. The molecule has 1 aliphatic heterocycles. The van der Waals surface area contributed by atoms with Crippen molar-refractivity contribution < 1.29 is 72.8 Å². The minimum absolute atomic E-state index is 0.311. The normalized spacial score (nSPS) is 21.6. The van der Waals surface area contributed by atoms with Gasteiger partial charge >= 0.3 is 29.8 Å². The molecule has 226 valence electrons. The molecule has 0 radical (unpaired) electrons. The Morgan fingerprint density at radius 2 is 1.36 bits per heavy atom. The van der Waals surface area contributed by atoms with Crippen molar-refractivity contribution in [2.45, 2.75) is 58.4 Å². The number of ether oxygens (including phenoxy) is 6. The van der Waals surface area contributed by atoms with Gasteiger partial charge in [-0.2, -0.15) is 0 Å². The zero-order chi connectivity index (χ0) is 31.5. The average molecular weight is 594 g/mol. The van der Waals surface area contributed by atoms with Gasteiger partial charge in [-0.1, -0.05) is 0 Å². The maximum absolute atomic E-state index is 12.6. The average Bonchev–Trinajstić information content (AvgIpc) is 2.99. The molecule has 16 nitrogen and oxygen atoms in total. The molecule has 1 aliphatic rings. The molecule has 2 aromatic rings. The Bertz CT molecular complexity index is 1500. The van der Waals surface area contributed by atoms with E-state index in [2.05, 4.69) is 0 Å². The summed E-state index contributed by atoms with van der Waals surface area (Å²) in [6.07, 6.45) is -8.06. The van der Waals surface area contributed by atoms with Crippen LogP contribution in [0.25, 0.3) is 10.8 Å². The quantitative estimate of drug-likeness (QED) is 0.184. The molecule has 16 heteroatoms. The van der Waals surface area contributed by atoms with Crippen LogP contribution in [0.4, 0.5) is 0 Å². The predicted molar refractivity (Wildman–Crippen MR) is 135 cm³/mol. The van der Waals surface area contributed by atoms with Crippen molar-refractivity contribution in [1.82, 2.24) is 0 Å². The molecule has 5 atom stereocenters. The smallest absolute Gasteiger partial charge is 0.335 e. The van der Waals surface area contributed by atoms with E-state index < -0.39 is 107 Å². The third-order valence-corrected chi connectivity index (χ3v) is 5.77. The fourth-order valence-corrected chi connectivity index (χ4v) is 4.18. The summed E-state index contributed by atoms with van der Waals surface area (Å²) in [5.41, 5.74) is -1.79. The summed E-state index contributed by atoms with van der Waals surface area (Å²) in [5, 5.41) is 39.8. The molecule has 0 bridgehead atoms. The van der Waals surface area contributed by atoms with Crippen LogP contribution in [-0.4, -0.2) is 87.6 Å². The fourth-order valence-electron chi connectivity index (χ4n) is 4.18. The Kier molecular flexibility index (Phi) is 9.42. The van der Waals surface area contributed by atoms with E-state index in [1.165, 1.54) is 0 Å². The number of benzene rings is 1. The van der Waals surface area contributed by atoms with Gasteiger partial charge in [0.15, 0.2) is 29.5 Å². The van der Waals surface area contributed by atoms with Crippen molar-refractivity contribution in [1.29, 1.82) is 0 Å². The van der Waals surface area contributed by atoms with E-state index in [1.54, 1.807) is 0 Å². The van der Waals surface area contributed by atoms with E-state index in [-0.39, 0.29) is 5.39 Å². The number of hydrogen-bond acceptors (Lipinski definition) is 15. The number of phenolic OH excluding ortho intramolecular Hbond substituents is 2. The van der Waals surface area contributed by atoms with Gasteiger partial charge in [-0.25, -0.2) is 4.79 Å². The van der Waals surface area contributed by atoms with Gasteiger partial charge in [0, 0.05) is 27.7 Å². The lowest BCUT2D eigenvalue weighted by Crippen LogP contribution is -2.63. The Labute approximate surface area is 235 Å². The van der Waals surface area contributed by atoms with Crippen LogP contribution in [0, 0.1) is 0 Å². The van der Waals surface area contributed by atoms with Gasteiger partial charge in [-0.15, -0.1) is 0 Å². The second-order valence-corrected chi connectivity index (χ2v) is 8.99. The Morgan fingerprint density at radius 1 is 0.786 bits per heavy atom. The molecule has 0 aromatic heterocycles. The number of carbonyl (C=O) groups is 5. The number of carboxylic acids is 1. The predicted octanol–water partition coefficient (Wildman–Crippen LogP) is 0.477. The molecule has 0 saturated carbocycles. The molecule has 0 unspecified atom stereocenters. The number of esters is 4. The second-order valence-electron chi connectivity index (χ2n) is 8.99. The van der Waals surface area contributed by atoms with Crippen LogP contribution in [0.1, 0.15) is 38.1 Å². The topological polar surface area (TPSA) is 239 Å². The Balaban J connectivity index is 2.20. The van der Waals surface area contributed by atoms with E-state index in [9.17, 15) is 49.2 Å². The number of aromatic carboxylic acids is 1. The number of rotatable bonds is 8. The second kappa shape index (κ2) is 12.6. The van der Waals surface area contributed by atoms with E-state index in [1.807, 2.05) is 0 Å². The summed E-state index contributed by atoms with van der Waals surface area (Å²) >= 11 is 0. The molecule has 0 amide bonds. The number of carbonyl (C=O) groups excluding carboxylic acids is 4. The van der Waals surface area contributed by atoms with E-state index in [0.717, 1.165) is 39.8 Å². The van der Waals surface area contributed by atoms with Crippen LogP contribution < -0.4 is 10.2 Å². The maximum atomic E-state index is 12.6. The minimum atomic E-state index is -1.83. The summed E-state index contributed by atoms with van der Waals surface area (Å²) in [6.45, 7) is 3.52. The summed E-state index contributed by atoms with van der Waals surface area (Å²) in [5.74, 6) is -8.90. The molecular weight excluding hydrogens is 568 g/mol. The van der Waals surface area contributed by atoms with Crippen molar-refractivity contribution in [3.05, 3.63) is 34.0 Å². The van der Waals surface area contributed by atoms with Crippen LogP contribution in [0.15, 0.2) is 23.0 Å². The molecule has 1 fully saturated rings. The highest BCUT2D eigenvalue weighted by molar-refractivity contribution is 5.97. The van der Waals surface area contributed by atoms with Gasteiger partial charge in [0.2, 0.25) is 23.6 Å². The molecule has 1 saturated heterocycles. The summed E-state index contributed by atoms with van der Waals surface area (Å²) < 4.78 is 32.2.